The number of halogens is 1. The van der Waals surface area contributed by atoms with Crippen LogP contribution < -0.4 is 0 Å². The molecule has 3 nitrogen and oxygen atoms in total. The molecule has 2 aliphatic heterocycles. The van der Waals surface area contributed by atoms with E-state index in [-0.39, 0.29) is 18.1 Å². The van der Waals surface area contributed by atoms with Crippen LogP contribution in [0.3, 0.4) is 0 Å². The van der Waals surface area contributed by atoms with Gasteiger partial charge in [-0.15, -0.1) is 11.6 Å². The minimum atomic E-state index is -0.460. The van der Waals surface area contributed by atoms with Gasteiger partial charge < -0.3 is 9.64 Å². The zero-order chi connectivity index (χ0) is 13.2. The summed E-state index contributed by atoms with van der Waals surface area (Å²) in [6.45, 7) is 5.57. The Morgan fingerprint density at radius 3 is 2.72 bits per heavy atom. The first-order valence-electron chi connectivity index (χ1n) is 7.05. The zero-order valence-corrected chi connectivity index (χ0v) is 12.2. The predicted octanol–water partition coefficient (Wildman–Crippen LogP) is 2.81. The van der Waals surface area contributed by atoms with Gasteiger partial charge in [0.15, 0.2) is 0 Å². The lowest BCUT2D eigenvalue weighted by Gasteiger charge is -2.37. The van der Waals surface area contributed by atoms with Crippen molar-refractivity contribution in [2.45, 2.75) is 58.1 Å². The molecule has 1 amide bonds. The molecule has 104 valence electrons. The van der Waals surface area contributed by atoms with Crippen LogP contribution in [-0.4, -0.2) is 42.0 Å². The second-order valence-corrected chi connectivity index (χ2v) is 6.40. The Bertz CT molecular complexity index is 300. The topological polar surface area (TPSA) is 29.5 Å². The van der Waals surface area contributed by atoms with Crippen LogP contribution in [0.4, 0.5) is 0 Å². The van der Waals surface area contributed by atoms with Crippen LogP contribution in [0, 0.1) is 5.41 Å². The van der Waals surface area contributed by atoms with Crippen molar-refractivity contribution >= 4 is 17.5 Å². The van der Waals surface area contributed by atoms with Crippen molar-refractivity contribution in [2.24, 2.45) is 5.41 Å². The smallest absolute Gasteiger partial charge is 0.229 e. The van der Waals surface area contributed by atoms with Crippen molar-refractivity contribution in [2.75, 3.05) is 19.0 Å². The molecule has 2 saturated heterocycles. The van der Waals surface area contributed by atoms with Gasteiger partial charge in [0.2, 0.25) is 5.91 Å². The lowest BCUT2D eigenvalue weighted by Crippen LogP contribution is -2.49. The van der Waals surface area contributed by atoms with Crippen LogP contribution in [0.2, 0.25) is 0 Å². The van der Waals surface area contributed by atoms with E-state index in [0.717, 1.165) is 38.8 Å². The molecular formula is C14H24ClNO2. The Morgan fingerprint density at radius 2 is 2.11 bits per heavy atom. The summed E-state index contributed by atoms with van der Waals surface area (Å²) < 4.78 is 5.86. The van der Waals surface area contributed by atoms with Gasteiger partial charge in [-0.25, -0.2) is 0 Å². The van der Waals surface area contributed by atoms with E-state index in [2.05, 4.69) is 0 Å². The number of ether oxygens (including phenoxy) is 1. The summed E-state index contributed by atoms with van der Waals surface area (Å²) in [5.41, 5.74) is -0.460. The van der Waals surface area contributed by atoms with Crippen molar-refractivity contribution in [3.05, 3.63) is 0 Å². The number of carbonyl (C=O) groups is 1. The van der Waals surface area contributed by atoms with Gasteiger partial charge in [0, 0.05) is 19.0 Å². The molecule has 2 atom stereocenters. The quantitative estimate of drug-likeness (QED) is 0.740. The van der Waals surface area contributed by atoms with Crippen molar-refractivity contribution in [1.29, 1.82) is 0 Å². The monoisotopic (exact) mass is 273 g/mol. The fourth-order valence-electron chi connectivity index (χ4n) is 2.95. The summed E-state index contributed by atoms with van der Waals surface area (Å²) in [6, 6.07) is 0.278. The highest BCUT2D eigenvalue weighted by molar-refractivity contribution is 6.19. The number of hydrogen-bond donors (Lipinski definition) is 0. The minimum Gasteiger partial charge on any atom is -0.376 e. The molecular weight excluding hydrogens is 250 g/mol. The van der Waals surface area contributed by atoms with Gasteiger partial charge in [-0.3, -0.25) is 4.79 Å². The van der Waals surface area contributed by atoms with Crippen LogP contribution in [0.15, 0.2) is 0 Å². The van der Waals surface area contributed by atoms with Crippen molar-refractivity contribution in [3.63, 3.8) is 0 Å². The molecule has 18 heavy (non-hydrogen) atoms. The number of hydrogen-bond acceptors (Lipinski definition) is 2. The maximum Gasteiger partial charge on any atom is 0.229 e. The second kappa shape index (κ2) is 5.79. The maximum atomic E-state index is 12.5. The third-order valence-electron chi connectivity index (χ3n) is 4.12. The molecule has 2 rings (SSSR count). The average Bonchev–Trinajstić information content (AvgIpc) is 2.87. The van der Waals surface area contributed by atoms with E-state index in [9.17, 15) is 4.79 Å². The third-order valence-corrected chi connectivity index (χ3v) is 4.79. The summed E-state index contributed by atoms with van der Waals surface area (Å²) in [7, 11) is 0. The molecule has 2 unspecified atom stereocenters. The Kier molecular flexibility index (Phi) is 4.54. The largest absolute Gasteiger partial charge is 0.376 e. The van der Waals surface area contributed by atoms with Gasteiger partial charge in [0.1, 0.15) is 0 Å². The second-order valence-electron chi connectivity index (χ2n) is 6.13. The summed E-state index contributed by atoms with van der Waals surface area (Å²) in [6.07, 6.45) is 5.89. The highest BCUT2D eigenvalue weighted by Gasteiger charge is 2.40. The van der Waals surface area contributed by atoms with Crippen LogP contribution >= 0.6 is 11.6 Å². The van der Waals surface area contributed by atoms with Gasteiger partial charge in [0.05, 0.1) is 17.6 Å². The summed E-state index contributed by atoms with van der Waals surface area (Å²) in [5.74, 6) is 0.565. The average molecular weight is 274 g/mol. The van der Waals surface area contributed by atoms with E-state index in [4.69, 9.17) is 16.3 Å². The van der Waals surface area contributed by atoms with Gasteiger partial charge in [0.25, 0.3) is 0 Å². The van der Waals surface area contributed by atoms with Gasteiger partial charge in [-0.2, -0.15) is 0 Å². The van der Waals surface area contributed by atoms with Crippen LogP contribution in [0.25, 0.3) is 0 Å². The first-order chi connectivity index (χ1) is 8.56. The lowest BCUT2D eigenvalue weighted by molar-refractivity contribution is -0.144. The maximum absolute atomic E-state index is 12.5. The Hall–Kier alpha value is -0.280. The molecule has 0 aromatic carbocycles. The van der Waals surface area contributed by atoms with Gasteiger partial charge in [-0.1, -0.05) is 0 Å². The number of alkyl halides is 1. The molecule has 0 bridgehead atoms. The fraction of sp³-hybridized carbons (Fsp3) is 0.929. The van der Waals surface area contributed by atoms with Crippen molar-refractivity contribution in [1.82, 2.24) is 4.90 Å². The molecule has 0 aliphatic carbocycles. The van der Waals surface area contributed by atoms with Crippen LogP contribution in [0.1, 0.15) is 46.0 Å². The van der Waals surface area contributed by atoms with Crippen LogP contribution in [0.5, 0.6) is 0 Å². The van der Waals surface area contributed by atoms with Crippen LogP contribution in [-0.2, 0) is 9.53 Å². The Labute approximate surface area is 115 Å². The molecule has 2 aliphatic rings. The number of likely N-dealkylation sites (tertiary alicyclic amines) is 1. The SMILES string of the molecule is CC(C)(CCl)C(=O)N1CCCC1C1CCCCO1. The first kappa shape index (κ1) is 14.1. The number of nitrogens with zero attached hydrogens (tertiary/aromatic N) is 1. The fourth-order valence-corrected chi connectivity index (χ4v) is 3.06. The van der Waals surface area contributed by atoms with E-state index < -0.39 is 5.41 Å². The predicted molar refractivity (Wildman–Crippen MR) is 72.8 cm³/mol. The van der Waals surface area contributed by atoms with E-state index in [1.54, 1.807) is 0 Å². The molecule has 0 saturated carbocycles. The summed E-state index contributed by atoms with van der Waals surface area (Å²) in [5, 5.41) is 0. The summed E-state index contributed by atoms with van der Waals surface area (Å²) in [4.78, 5) is 14.6. The van der Waals surface area contributed by atoms with Gasteiger partial charge in [-0.05, 0) is 46.0 Å². The molecule has 0 spiro atoms. The highest BCUT2D eigenvalue weighted by Crippen LogP contribution is 2.31. The third kappa shape index (κ3) is 2.83. The highest BCUT2D eigenvalue weighted by atomic mass is 35.5. The standard InChI is InChI=1S/C14H24ClNO2/c1-14(2,10-15)13(17)16-8-5-6-11(16)12-7-3-4-9-18-12/h11-12H,3-10H2,1-2H3. The molecule has 0 aromatic heterocycles. The first-order valence-corrected chi connectivity index (χ1v) is 7.58. The molecule has 0 aromatic rings. The molecule has 4 heteroatoms. The minimum absolute atomic E-state index is 0.189. The van der Waals surface area contributed by atoms with Gasteiger partial charge >= 0.3 is 0 Å². The zero-order valence-electron chi connectivity index (χ0n) is 11.5. The van der Waals surface area contributed by atoms with E-state index in [0.29, 0.717) is 5.88 Å². The summed E-state index contributed by atoms with van der Waals surface area (Å²) >= 11 is 5.92. The Morgan fingerprint density at radius 1 is 1.33 bits per heavy atom. The normalized spacial score (nSPS) is 29.6. The molecule has 2 heterocycles. The number of amides is 1. The number of carbonyl (C=O) groups excluding carboxylic acids is 1. The number of rotatable bonds is 3. The lowest BCUT2D eigenvalue weighted by atomic mass is 9.92. The van der Waals surface area contributed by atoms with Crippen molar-refractivity contribution in [3.8, 4) is 0 Å². The molecule has 0 N–H and O–H groups in total. The molecule has 2 fully saturated rings. The van der Waals surface area contributed by atoms with E-state index >= 15 is 0 Å². The van der Waals surface area contributed by atoms with E-state index in [1.807, 2.05) is 18.7 Å². The molecule has 0 radical (unpaired) electrons. The van der Waals surface area contributed by atoms with E-state index in [1.165, 1.54) is 6.42 Å². The Balaban J connectivity index is 2.04. The van der Waals surface area contributed by atoms with Crippen molar-refractivity contribution < 1.29 is 9.53 Å².